The molecule has 2 N–H and O–H groups in total. The van der Waals surface area contributed by atoms with Crippen LogP contribution < -0.4 is 15.2 Å². The molecule has 2 amide bonds. The number of thiocarbonyl (C=S) groups is 1. The molecule has 1 aliphatic rings. The zero-order valence-corrected chi connectivity index (χ0v) is 14.3. The van der Waals surface area contributed by atoms with Crippen molar-refractivity contribution in [2.24, 2.45) is 5.73 Å². The van der Waals surface area contributed by atoms with Gasteiger partial charge in [-0.15, -0.1) is 0 Å². The Kier molecular flexibility index (Phi) is 5.62. The molecule has 0 aromatic heterocycles. The Hall–Kier alpha value is -2.06. The molecule has 1 aromatic rings. The first kappa shape index (κ1) is 17.3. The van der Waals surface area contributed by atoms with Gasteiger partial charge in [0, 0.05) is 6.54 Å². The van der Waals surface area contributed by atoms with Gasteiger partial charge in [-0.3, -0.25) is 14.5 Å². The van der Waals surface area contributed by atoms with Crippen molar-refractivity contribution in [3.8, 4) is 11.5 Å². The number of thioether (sulfide) groups is 1. The third-order valence-corrected chi connectivity index (χ3v) is 4.42. The topological polar surface area (TPSA) is 81.9 Å². The summed E-state index contributed by atoms with van der Waals surface area (Å²) in [6, 6.07) is 5.14. The van der Waals surface area contributed by atoms with E-state index in [4.69, 9.17) is 27.4 Å². The number of nitrogens with zero attached hydrogens (tertiary/aromatic N) is 1. The second kappa shape index (κ2) is 7.47. The van der Waals surface area contributed by atoms with E-state index >= 15 is 0 Å². The molecule has 0 radical (unpaired) electrons. The van der Waals surface area contributed by atoms with Gasteiger partial charge in [0.05, 0.1) is 12.0 Å². The summed E-state index contributed by atoms with van der Waals surface area (Å²) in [6.07, 6.45) is 1.75. The van der Waals surface area contributed by atoms with E-state index in [2.05, 4.69) is 0 Å². The lowest BCUT2D eigenvalue weighted by molar-refractivity contribution is -0.122. The number of primary amides is 1. The van der Waals surface area contributed by atoms with E-state index in [9.17, 15) is 9.59 Å². The molecule has 0 bridgehead atoms. The highest BCUT2D eigenvalue weighted by Crippen LogP contribution is 2.34. The molecule has 23 heavy (non-hydrogen) atoms. The van der Waals surface area contributed by atoms with Crippen LogP contribution in [0.3, 0.4) is 0 Å². The summed E-state index contributed by atoms with van der Waals surface area (Å²) in [7, 11) is 1.49. The second-order valence-corrected chi connectivity index (χ2v) is 6.27. The number of amides is 2. The van der Waals surface area contributed by atoms with Gasteiger partial charge in [0.1, 0.15) is 4.32 Å². The van der Waals surface area contributed by atoms with Crippen molar-refractivity contribution in [3.63, 3.8) is 0 Å². The standard InChI is InChI=1S/C15H16N2O4S2/c1-3-17-14(19)12(23-15(17)22)7-9-4-5-10(11(6-9)20-2)21-8-13(16)18/h4-7H,3,8H2,1-2H3,(H2,16,18)/b12-7-. The van der Waals surface area contributed by atoms with E-state index in [-0.39, 0.29) is 12.5 Å². The number of carbonyl (C=O) groups is 2. The predicted molar refractivity (Wildman–Crippen MR) is 93.2 cm³/mol. The Morgan fingerprint density at radius 1 is 1.43 bits per heavy atom. The van der Waals surface area contributed by atoms with Crippen LogP contribution >= 0.6 is 24.0 Å². The van der Waals surface area contributed by atoms with Crippen LogP contribution in [-0.4, -0.2) is 41.3 Å². The van der Waals surface area contributed by atoms with Gasteiger partial charge in [0.15, 0.2) is 18.1 Å². The molecule has 0 atom stereocenters. The number of benzene rings is 1. The molecular formula is C15H16N2O4S2. The molecule has 0 saturated carbocycles. The molecule has 122 valence electrons. The van der Waals surface area contributed by atoms with Crippen LogP contribution in [0.1, 0.15) is 12.5 Å². The minimum atomic E-state index is -0.570. The summed E-state index contributed by atoms with van der Waals surface area (Å²) in [6.45, 7) is 2.19. The summed E-state index contributed by atoms with van der Waals surface area (Å²) in [5.41, 5.74) is 5.82. The fourth-order valence-electron chi connectivity index (χ4n) is 1.97. The first-order valence-corrected chi connectivity index (χ1v) is 8.03. The van der Waals surface area contributed by atoms with Crippen molar-refractivity contribution < 1.29 is 19.1 Å². The van der Waals surface area contributed by atoms with Crippen molar-refractivity contribution in [2.75, 3.05) is 20.3 Å². The van der Waals surface area contributed by atoms with E-state index < -0.39 is 5.91 Å². The Labute approximate surface area is 143 Å². The van der Waals surface area contributed by atoms with Crippen LogP contribution in [0.5, 0.6) is 11.5 Å². The van der Waals surface area contributed by atoms with Crippen LogP contribution in [0.15, 0.2) is 23.1 Å². The number of rotatable bonds is 6. The normalized spacial score (nSPS) is 16.1. The van der Waals surface area contributed by atoms with Crippen molar-refractivity contribution in [3.05, 3.63) is 28.7 Å². The Bertz CT molecular complexity index is 688. The van der Waals surface area contributed by atoms with Crippen molar-refractivity contribution in [1.82, 2.24) is 4.90 Å². The molecule has 8 heteroatoms. The molecule has 1 heterocycles. The van der Waals surface area contributed by atoms with Crippen molar-refractivity contribution in [2.45, 2.75) is 6.92 Å². The van der Waals surface area contributed by atoms with Crippen LogP contribution in [0.2, 0.25) is 0 Å². The SMILES string of the molecule is CCN1C(=O)/C(=C/c2ccc(OCC(N)=O)c(OC)c2)SC1=S. The lowest BCUT2D eigenvalue weighted by Gasteiger charge is -2.10. The highest BCUT2D eigenvalue weighted by atomic mass is 32.2. The molecular weight excluding hydrogens is 336 g/mol. The average molecular weight is 352 g/mol. The molecule has 0 spiro atoms. The van der Waals surface area contributed by atoms with E-state index in [0.717, 1.165) is 5.56 Å². The zero-order valence-electron chi connectivity index (χ0n) is 12.7. The minimum Gasteiger partial charge on any atom is -0.493 e. The van der Waals surface area contributed by atoms with Gasteiger partial charge in [-0.1, -0.05) is 30.0 Å². The first-order valence-electron chi connectivity index (χ1n) is 6.80. The van der Waals surface area contributed by atoms with E-state index in [0.29, 0.717) is 27.3 Å². The highest BCUT2D eigenvalue weighted by Gasteiger charge is 2.30. The lowest BCUT2D eigenvalue weighted by Crippen LogP contribution is -2.27. The number of nitrogens with two attached hydrogens (primary N) is 1. The smallest absolute Gasteiger partial charge is 0.266 e. The number of hydrogen-bond acceptors (Lipinski definition) is 6. The molecule has 1 aliphatic heterocycles. The van der Waals surface area contributed by atoms with Crippen molar-refractivity contribution >= 4 is 46.2 Å². The van der Waals surface area contributed by atoms with Gasteiger partial charge in [0.25, 0.3) is 11.8 Å². The number of carbonyl (C=O) groups excluding carboxylic acids is 2. The number of ether oxygens (including phenoxy) is 2. The average Bonchev–Trinajstić information content (AvgIpc) is 2.79. The fourth-order valence-corrected chi connectivity index (χ4v) is 3.35. The Morgan fingerprint density at radius 3 is 2.74 bits per heavy atom. The first-order chi connectivity index (χ1) is 11.0. The molecule has 2 rings (SSSR count). The Morgan fingerprint density at radius 2 is 2.17 bits per heavy atom. The van der Waals surface area contributed by atoms with E-state index in [1.165, 1.54) is 18.9 Å². The highest BCUT2D eigenvalue weighted by molar-refractivity contribution is 8.26. The minimum absolute atomic E-state index is 0.101. The van der Waals surface area contributed by atoms with Gasteiger partial charge < -0.3 is 15.2 Å². The zero-order chi connectivity index (χ0) is 17.0. The molecule has 1 aromatic carbocycles. The molecule has 6 nitrogen and oxygen atoms in total. The molecule has 0 unspecified atom stereocenters. The summed E-state index contributed by atoms with van der Waals surface area (Å²) in [5.74, 6) is 0.186. The maximum absolute atomic E-state index is 12.2. The van der Waals surface area contributed by atoms with Crippen LogP contribution in [0, 0.1) is 0 Å². The monoisotopic (exact) mass is 352 g/mol. The lowest BCUT2D eigenvalue weighted by atomic mass is 10.2. The number of likely N-dealkylation sites (N-methyl/N-ethyl adjacent to an activating group) is 1. The largest absolute Gasteiger partial charge is 0.493 e. The van der Waals surface area contributed by atoms with Gasteiger partial charge in [-0.25, -0.2) is 0 Å². The van der Waals surface area contributed by atoms with Crippen LogP contribution in [0.4, 0.5) is 0 Å². The van der Waals surface area contributed by atoms with Gasteiger partial charge in [-0.05, 0) is 30.7 Å². The molecule has 1 saturated heterocycles. The van der Waals surface area contributed by atoms with Crippen LogP contribution in [0.25, 0.3) is 6.08 Å². The third kappa shape index (κ3) is 4.02. The maximum Gasteiger partial charge on any atom is 0.266 e. The number of methoxy groups -OCH3 is 1. The fraction of sp³-hybridized carbons (Fsp3) is 0.267. The third-order valence-electron chi connectivity index (χ3n) is 3.05. The van der Waals surface area contributed by atoms with E-state index in [1.54, 1.807) is 29.2 Å². The summed E-state index contributed by atoms with van der Waals surface area (Å²) in [4.78, 5) is 25.1. The summed E-state index contributed by atoms with van der Waals surface area (Å²) < 4.78 is 11.1. The van der Waals surface area contributed by atoms with Gasteiger partial charge >= 0.3 is 0 Å². The second-order valence-electron chi connectivity index (χ2n) is 4.59. The maximum atomic E-state index is 12.2. The Balaban J connectivity index is 2.24. The van der Waals surface area contributed by atoms with Gasteiger partial charge in [0.2, 0.25) is 0 Å². The van der Waals surface area contributed by atoms with Crippen molar-refractivity contribution in [1.29, 1.82) is 0 Å². The molecule has 1 fully saturated rings. The van der Waals surface area contributed by atoms with Gasteiger partial charge in [-0.2, -0.15) is 0 Å². The summed E-state index contributed by atoms with van der Waals surface area (Å²) >= 11 is 6.45. The predicted octanol–water partition coefficient (Wildman–Crippen LogP) is 1.78. The van der Waals surface area contributed by atoms with Crippen LogP contribution in [-0.2, 0) is 9.59 Å². The number of hydrogen-bond donors (Lipinski definition) is 1. The molecule has 0 aliphatic carbocycles. The quantitative estimate of drug-likeness (QED) is 0.621. The van der Waals surface area contributed by atoms with E-state index in [1.807, 2.05) is 6.92 Å². The summed E-state index contributed by atoms with van der Waals surface area (Å²) in [5, 5.41) is 0.